The number of rotatable bonds is 4. The first-order valence-corrected chi connectivity index (χ1v) is 7.92. The standard InChI is InChI=1S/C17H22N4O2/c1-13-12-14(15-3-5-17(23)19-18-15)2-4-16(13)21-8-6-20(7-9-21)10-11-22/h2-5,12,22H,6-11H2,1H3,(H,19,23). The fourth-order valence-electron chi connectivity index (χ4n) is 3.03. The van der Waals surface area contributed by atoms with Crippen molar-refractivity contribution in [3.63, 3.8) is 0 Å². The molecule has 6 nitrogen and oxygen atoms in total. The van der Waals surface area contributed by atoms with Gasteiger partial charge in [-0.2, -0.15) is 5.10 Å². The van der Waals surface area contributed by atoms with Gasteiger partial charge in [-0.25, -0.2) is 5.10 Å². The summed E-state index contributed by atoms with van der Waals surface area (Å²) in [6.07, 6.45) is 0. The van der Waals surface area contributed by atoms with Gasteiger partial charge in [0.25, 0.3) is 5.56 Å². The van der Waals surface area contributed by atoms with Crippen LogP contribution in [-0.4, -0.2) is 59.5 Å². The summed E-state index contributed by atoms with van der Waals surface area (Å²) in [7, 11) is 0. The Morgan fingerprint density at radius 3 is 2.57 bits per heavy atom. The summed E-state index contributed by atoms with van der Waals surface area (Å²) in [5.41, 5.74) is 4.02. The quantitative estimate of drug-likeness (QED) is 0.876. The van der Waals surface area contributed by atoms with E-state index in [1.54, 1.807) is 6.07 Å². The maximum Gasteiger partial charge on any atom is 0.264 e. The summed E-state index contributed by atoms with van der Waals surface area (Å²) in [6.45, 7) is 6.97. The van der Waals surface area contributed by atoms with E-state index in [-0.39, 0.29) is 12.2 Å². The van der Waals surface area contributed by atoms with E-state index in [4.69, 9.17) is 5.11 Å². The molecule has 2 N–H and O–H groups in total. The van der Waals surface area contributed by atoms with E-state index in [1.165, 1.54) is 17.3 Å². The third-order valence-corrected chi connectivity index (χ3v) is 4.30. The first-order valence-electron chi connectivity index (χ1n) is 7.92. The topological polar surface area (TPSA) is 72.5 Å². The Kier molecular flexibility index (Phi) is 4.73. The van der Waals surface area contributed by atoms with Gasteiger partial charge in [-0.05, 0) is 30.7 Å². The Morgan fingerprint density at radius 2 is 1.96 bits per heavy atom. The molecule has 1 fully saturated rings. The van der Waals surface area contributed by atoms with Crippen molar-refractivity contribution in [3.8, 4) is 11.3 Å². The summed E-state index contributed by atoms with van der Waals surface area (Å²) < 4.78 is 0. The van der Waals surface area contributed by atoms with Crippen molar-refractivity contribution in [3.05, 3.63) is 46.2 Å². The molecule has 23 heavy (non-hydrogen) atoms. The van der Waals surface area contributed by atoms with E-state index >= 15 is 0 Å². The molecule has 1 aromatic heterocycles. The van der Waals surface area contributed by atoms with E-state index in [1.807, 2.05) is 6.07 Å². The molecule has 1 aliphatic heterocycles. The average molecular weight is 314 g/mol. The molecule has 0 spiro atoms. The van der Waals surface area contributed by atoms with Gasteiger partial charge in [-0.1, -0.05) is 6.07 Å². The number of anilines is 1. The first kappa shape index (κ1) is 15.7. The number of nitrogens with zero attached hydrogens (tertiary/aromatic N) is 3. The van der Waals surface area contributed by atoms with E-state index in [9.17, 15) is 4.79 Å². The van der Waals surface area contributed by atoms with Gasteiger partial charge in [0.05, 0.1) is 12.3 Å². The Labute approximate surface area is 135 Å². The lowest BCUT2D eigenvalue weighted by Crippen LogP contribution is -2.47. The van der Waals surface area contributed by atoms with Crippen LogP contribution in [0, 0.1) is 6.92 Å². The highest BCUT2D eigenvalue weighted by Gasteiger charge is 2.18. The van der Waals surface area contributed by atoms with Crippen LogP contribution in [-0.2, 0) is 0 Å². The van der Waals surface area contributed by atoms with Crippen molar-refractivity contribution in [2.75, 3.05) is 44.2 Å². The first-order chi connectivity index (χ1) is 11.2. The second-order valence-electron chi connectivity index (χ2n) is 5.86. The Balaban J connectivity index is 1.75. The van der Waals surface area contributed by atoms with Crippen LogP contribution in [0.4, 0.5) is 5.69 Å². The number of aliphatic hydroxyl groups excluding tert-OH is 1. The van der Waals surface area contributed by atoms with Crippen LogP contribution in [0.15, 0.2) is 35.1 Å². The molecule has 0 atom stereocenters. The predicted octanol–water partition coefficient (Wildman–Crippen LogP) is 0.860. The molecule has 2 aromatic rings. The number of nitrogens with one attached hydrogen (secondary N) is 1. The third kappa shape index (κ3) is 3.60. The van der Waals surface area contributed by atoms with Crippen LogP contribution in [0.25, 0.3) is 11.3 Å². The van der Waals surface area contributed by atoms with E-state index in [0.717, 1.165) is 44.0 Å². The number of hydrogen-bond donors (Lipinski definition) is 2. The Morgan fingerprint density at radius 1 is 1.17 bits per heavy atom. The van der Waals surface area contributed by atoms with Crippen LogP contribution in [0.5, 0.6) is 0 Å². The SMILES string of the molecule is Cc1cc(-c2ccc(=O)[nH]n2)ccc1N1CCN(CCO)CC1. The number of aryl methyl sites for hydroxylation is 1. The molecule has 0 bridgehead atoms. The lowest BCUT2D eigenvalue weighted by molar-refractivity contribution is 0.188. The summed E-state index contributed by atoms with van der Waals surface area (Å²) >= 11 is 0. The predicted molar refractivity (Wildman–Crippen MR) is 90.8 cm³/mol. The molecular formula is C17H22N4O2. The Hall–Kier alpha value is -2.18. The summed E-state index contributed by atoms with van der Waals surface area (Å²) in [6, 6.07) is 9.51. The summed E-state index contributed by atoms with van der Waals surface area (Å²) in [5.74, 6) is 0. The van der Waals surface area contributed by atoms with Gasteiger partial charge in [0.2, 0.25) is 0 Å². The number of aromatic amines is 1. The summed E-state index contributed by atoms with van der Waals surface area (Å²) in [5, 5.41) is 15.6. The second-order valence-corrected chi connectivity index (χ2v) is 5.86. The highest BCUT2D eigenvalue weighted by molar-refractivity contribution is 5.66. The van der Waals surface area contributed by atoms with Crippen LogP contribution in [0.3, 0.4) is 0 Å². The van der Waals surface area contributed by atoms with Crippen molar-refractivity contribution < 1.29 is 5.11 Å². The zero-order chi connectivity index (χ0) is 16.2. The van der Waals surface area contributed by atoms with E-state index in [2.05, 4.69) is 39.1 Å². The lowest BCUT2D eigenvalue weighted by Gasteiger charge is -2.36. The van der Waals surface area contributed by atoms with Gasteiger partial charge >= 0.3 is 0 Å². The van der Waals surface area contributed by atoms with Gasteiger partial charge in [0, 0.05) is 50.0 Å². The van der Waals surface area contributed by atoms with Crippen LogP contribution in [0.2, 0.25) is 0 Å². The van der Waals surface area contributed by atoms with Crippen molar-refractivity contribution >= 4 is 5.69 Å². The second kappa shape index (κ2) is 6.93. The molecule has 3 rings (SSSR count). The highest BCUT2D eigenvalue weighted by atomic mass is 16.3. The van der Waals surface area contributed by atoms with Crippen molar-refractivity contribution in [1.82, 2.24) is 15.1 Å². The molecule has 0 saturated carbocycles. The minimum Gasteiger partial charge on any atom is -0.395 e. The molecule has 1 aliphatic rings. The van der Waals surface area contributed by atoms with E-state index < -0.39 is 0 Å². The minimum absolute atomic E-state index is 0.192. The number of benzene rings is 1. The number of aromatic nitrogens is 2. The van der Waals surface area contributed by atoms with Crippen molar-refractivity contribution in [1.29, 1.82) is 0 Å². The maximum absolute atomic E-state index is 11.1. The monoisotopic (exact) mass is 314 g/mol. The maximum atomic E-state index is 11.1. The molecule has 0 unspecified atom stereocenters. The lowest BCUT2D eigenvalue weighted by atomic mass is 10.1. The average Bonchev–Trinajstić information content (AvgIpc) is 2.57. The van der Waals surface area contributed by atoms with Gasteiger partial charge in [-0.15, -0.1) is 0 Å². The summed E-state index contributed by atoms with van der Waals surface area (Å²) in [4.78, 5) is 15.8. The van der Waals surface area contributed by atoms with E-state index in [0.29, 0.717) is 0 Å². The van der Waals surface area contributed by atoms with Crippen LogP contribution < -0.4 is 10.5 Å². The molecular weight excluding hydrogens is 292 g/mol. The smallest absolute Gasteiger partial charge is 0.264 e. The zero-order valence-corrected chi connectivity index (χ0v) is 13.3. The number of piperazine rings is 1. The molecule has 0 aliphatic carbocycles. The Bertz CT molecular complexity index is 700. The molecule has 6 heteroatoms. The molecule has 1 aromatic carbocycles. The van der Waals surface area contributed by atoms with Crippen LogP contribution in [0.1, 0.15) is 5.56 Å². The largest absolute Gasteiger partial charge is 0.395 e. The fourth-order valence-corrected chi connectivity index (χ4v) is 3.03. The van der Waals surface area contributed by atoms with Crippen molar-refractivity contribution in [2.45, 2.75) is 6.92 Å². The molecule has 122 valence electrons. The van der Waals surface area contributed by atoms with Gasteiger partial charge in [-0.3, -0.25) is 9.69 Å². The fraction of sp³-hybridized carbons (Fsp3) is 0.412. The number of H-pyrrole nitrogens is 1. The molecule has 2 heterocycles. The number of aliphatic hydroxyl groups is 1. The minimum atomic E-state index is -0.192. The number of hydrogen-bond acceptors (Lipinski definition) is 5. The normalized spacial score (nSPS) is 15.8. The highest BCUT2D eigenvalue weighted by Crippen LogP contribution is 2.26. The van der Waals surface area contributed by atoms with Crippen LogP contribution >= 0.6 is 0 Å². The molecule has 1 saturated heterocycles. The number of β-amino-alcohol motifs (C(OH)–C–C–N with tert-alkyl or cyclic N) is 1. The zero-order valence-electron chi connectivity index (χ0n) is 13.3. The third-order valence-electron chi connectivity index (χ3n) is 4.30. The van der Waals surface area contributed by atoms with Gasteiger partial charge < -0.3 is 10.0 Å². The van der Waals surface area contributed by atoms with Gasteiger partial charge in [0.1, 0.15) is 0 Å². The van der Waals surface area contributed by atoms with Gasteiger partial charge in [0.15, 0.2) is 0 Å². The molecule has 0 amide bonds. The van der Waals surface area contributed by atoms with Crippen molar-refractivity contribution in [2.24, 2.45) is 0 Å². The molecule has 0 radical (unpaired) electrons.